The van der Waals surface area contributed by atoms with E-state index in [0.717, 1.165) is 0 Å². The molecule has 0 aliphatic carbocycles. The molecule has 0 aliphatic heterocycles. The molecule has 0 radical (unpaired) electrons. The Kier molecular flexibility index (Phi) is 3.29. The van der Waals surface area contributed by atoms with Crippen LogP contribution in [0.5, 0.6) is 5.75 Å². The predicted molar refractivity (Wildman–Crippen MR) is 65.4 cm³/mol. The largest absolute Gasteiger partial charge is 0.506 e. The van der Waals surface area contributed by atoms with Crippen molar-refractivity contribution in [2.45, 2.75) is 0 Å². The van der Waals surface area contributed by atoms with E-state index in [1.807, 2.05) is 0 Å². The Morgan fingerprint density at radius 1 is 0.944 bits per heavy atom. The summed E-state index contributed by atoms with van der Waals surface area (Å²) in [5.74, 6) is -0.0279. The minimum absolute atomic E-state index is 0.0279. The number of nitro groups is 1. The fourth-order valence-electron chi connectivity index (χ4n) is 1.36. The Labute approximate surface area is 102 Å². The van der Waals surface area contributed by atoms with Gasteiger partial charge in [-0.25, -0.2) is 0 Å². The lowest BCUT2D eigenvalue weighted by atomic mass is 10.3. The zero-order valence-corrected chi connectivity index (χ0v) is 9.22. The highest BCUT2D eigenvalue weighted by atomic mass is 16.6. The molecule has 0 saturated carbocycles. The van der Waals surface area contributed by atoms with Gasteiger partial charge in [-0.05, 0) is 18.2 Å². The van der Waals surface area contributed by atoms with Crippen LogP contribution in [-0.2, 0) is 0 Å². The molecule has 0 fully saturated rings. The van der Waals surface area contributed by atoms with Crippen LogP contribution in [0.25, 0.3) is 0 Å². The lowest BCUT2D eigenvalue weighted by molar-refractivity contribution is -0.384. The highest BCUT2D eigenvalue weighted by Crippen LogP contribution is 2.31. The molecule has 0 bridgehead atoms. The van der Waals surface area contributed by atoms with Gasteiger partial charge in [-0.1, -0.05) is 24.3 Å². The van der Waals surface area contributed by atoms with Crippen molar-refractivity contribution in [3.63, 3.8) is 0 Å². The van der Waals surface area contributed by atoms with Crippen molar-refractivity contribution in [1.82, 2.24) is 0 Å². The quantitative estimate of drug-likeness (QED) is 0.506. The van der Waals surface area contributed by atoms with Crippen LogP contribution in [0, 0.1) is 10.1 Å². The van der Waals surface area contributed by atoms with Crippen molar-refractivity contribution in [3.8, 4) is 5.75 Å². The van der Waals surface area contributed by atoms with Gasteiger partial charge in [-0.15, -0.1) is 10.2 Å². The van der Waals surface area contributed by atoms with Gasteiger partial charge >= 0.3 is 0 Å². The van der Waals surface area contributed by atoms with Gasteiger partial charge in [0.05, 0.1) is 4.92 Å². The predicted octanol–water partition coefficient (Wildman–Crippen LogP) is 3.72. The van der Waals surface area contributed by atoms with Crippen molar-refractivity contribution in [2.75, 3.05) is 0 Å². The SMILES string of the molecule is O=[N+]([O-])c1ccccc1/N=N/c1ccccc1O. The molecule has 90 valence electrons. The van der Waals surface area contributed by atoms with Gasteiger partial charge in [0.15, 0.2) is 5.69 Å². The van der Waals surface area contributed by atoms with Crippen LogP contribution in [0.15, 0.2) is 58.8 Å². The molecular formula is C12H9N3O3. The average molecular weight is 243 g/mol. The van der Waals surface area contributed by atoms with Crippen molar-refractivity contribution in [2.24, 2.45) is 10.2 Å². The molecule has 6 heteroatoms. The molecule has 0 heterocycles. The molecule has 6 nitrogen and oxygen atoms in total. The monoisotopic (exact) mass is 243 g/mol. The summed E-state index contributed by atoms with van der Waals surface area (Å²) in [6.07, 6.45) is 0. The van der Waals surface area contributed by atoms with Crippen LogP contribution in [0.1, 0.15) is 0 Å². The summed E-state index contributed by atoms with van der Waals surface area (Å²) in [4.78, 5) is 10.2. The van der Waals surface area contributed by atoms with Crippen LogP contribution < -0.4 is 0 Å². The summed E-state index contributed by atoms with van der Waals surface area (Å²) in [6.45, 7) is 0. The van der Waals surface area contributed by atoms with E-state index in [9.17, 15) is 15.2 Å². The summed E-state index contributed by atoms with van der Waals surface area (Å²) in [6, 6.07) is 12.4. The van der Waals surface area contributed by atoms with E-state index in [-0.39, 0.29) is 22.8 Å². The summed E-state index contributed by atoms with van der Waals surface area (Å²) in [5, 5.41) is 27.8. The second-order valence-electron chi connectivity index (χ2n) is 3.43. The molecule has 18 heavy (non-hydrogen) atoms. The molecule has 0 atom stereocenters. The van der Waals surface area contributed by atoms with Crippen LogP contribution in [0.2, 0.25) is 0 Å². The summed E-state index contributed by atoms with van der Waals surface area (Å²) in [7, 11) is 0. The second-order valence-corrected chi connectivity index (χ2v) is 3.43. The number of aromatic hydroxyl groups is 1. The van der Waals surface area contributed by atoms with Crippen molar-refractivity contribution < 1.29 is 10.0 Å². The van der Waals surface area contributed by atoms with Gasteiger partial charge in [-0.2, -0.15) is 0 Å². The first-order chi connectivity index (χ1) is 8.68. The standard InChI is InChI=1S/C12H9N3O3/c16-12-8-4-2-6-10(12)14-13-9-5-1-3-7-11(9)15(17)18/h1-8,16H/b14-13+. The molecule has 0 saturated heterocycles. The van der Waals surface area contributed by atoms with Crippen LogP contribution >= 0.6 is 0 Å². The fraction of sp³-hybridized carbons (Fsp3) is 0. The maximum atomic E-state index is 10.8. The first-order valence-electron chi connectivity index (χ1n) is 5.11. The Morgan fingerprint density at radius 3 is 2.17 bits per heavy atom. The Bertz CT molecular complexity index is 611. The van der Waals surface area contributed by atoms with Gasteiger partial charge in [-0.3, -0.25) is 10.1 Å². The third-order valence-electron chi connectivity index (χ3n) is 2.23. The number of rotatable bonds is 3. The summed E-state index contributed by atoms with van der Waals surface area (Å²) in [5.41, 5.74) is 0.276. The molecule has 0 aromatic heterocycles. The first kappa shape index (κ1) is 11.7. The zero-order valence-electron chi connectivity index (χ0n) is 9.22. The van der Waals surface area contributed by atoms with Gasteiger partial charge in [0, 0.05) is 6.07 Å². The van der Waals surface area contributed by atoms with Gasteiger partial charge in [0.25, 0.3) is 5.69 Å². The Hall–Kier alpha value is -2.76. The molecular weight excluding hydrogens is 234 g/mol. The minimum atomic E-state index is -0.529. The summed E-state index contributed by atoms with van der Waals surface area (Å²) < 4.78 is 0. The Morgan fingerprint density at radius 2 is 1.50 bits per heavy atom. The number of nitrogens with zero attached hydrogens (tertiary/aromatic N) is 3. The first-order valence-corrected chi connectivity index (χ1v) is 5.11. The molecule has 2 aromatic rings. The molecule has 0 aliphatic rings. The molecule has 2 aromatic carbocycles. The number of hydrogen-bond acceptors (Lipinski definition) is 5. The van der Waals surface area contributed by atoms with Crippen molar-refractivity contribution in [1.29, 1.82) is 0 Å². The minimum Gasteiger partial charge on any atom is -0.506 e. The van der Waals surface area contributed by atoms with Crippen molar-refractivity contribution in [3.05, 3.63) is 58.6 Å². The van der Waals surface area contributed by atoms with Crippen molar-refractivity contribution >= 4 is 17.1 Å². The lowest BCUT2D eigenvalue weighted by Crippen LogP contribution is -1.86. The molecule has 0 unspecified atom stereocenters. The molecule has 2 rings (SSSR count). The van der Waals surface area contributed by atoms with E-state index in [1.165, 1.54) is 18.2 Å². The number of azo groups is 1. The number of phenolic OH excluding ortho intramolecular Hbond substituents is 1. The maximum absolute atomic E-state index is 10.8. The van der Waals surface area contributed by atoms with E-state index < -0.39 is 4.92 Å². The van der Waals surface area contributed by atoms with E-state index in [0.29, 0.717) is 0 Å². The number of phenols is 1. The van der Waals surface area contributed by atoms with Gasteiger partial charge in [0.1, 0.15) is 11.4 Å². The van der Waals surface area contributed by atoms with E-state index >= 15 is 0 Å². The normalized spacial score (nSPS) is 10.7. The highest BCUT2D eigenvalue weighted by Gasteiger charge is 2.11. The van der Waals surface area contributed by atoms with E-state index in [4.69, 9.17) is 0 Å². The summed E-state index contributed by atoms with van der Waals surface area (Å²) >= 11 is 0. The number of para-hydroxylation sites is 2. The maximum Gasteiger partial charge on any atom is 0.296 e. The Balaban J connectivity index is 2.35. The van der Waals surface area contributed by atoms with Crippen LogP contribution in [0.4, 0.5) is 17.1 Å². The van der Waals surface area contributed by atoms with Crippen LogP contribution in [-0.4, -0.2) is 10.0 Å². The third-order valence-corrected chi connectivity index (χ3v) is 2.23. The number of benzene rings is 2. The highest BCUT2D eigenvalue weighted by molar-refractivity contribution is 5.57. The molecule has 1 N–H and O–H groups in total. The topological polar surface area (TPSA) is 88.1 Å². The molecule has 0 spiro atoms. The van der Waals surface area contributed by atoms with Crippen LogP contribution in [0.3, 0.4) is 0 Å². The second kappa shape index (κ2) is 5.05. The number of hydrogen-bond donors (Lipinski definition) is 1. The van der Waals surface area contributed by atoms with E-state index in [2.05, 4.69) is 10.2 Å². The third kappa shape index (κ3) is 2.49. The smallest absolute Gasteiger partial charge is 0.296 e. The van der Waals surface area contributed by atoms with E-state index in [1.54, 1.807) is 30.3 Å². The zero-order chi connectivity index (χ0) is 13.0. The number of nitro benzene ring substituents is 1. The fourth-order valence-corrected chi connectivity index (χ4v) is 1.36. The lowest BCUT2D eigenvalue weighted by Gasteiger charge is -1.97. The van der Waals surface area contributed by atoms with Gasteiger partial charge < -0.3 is 5.11 Å². The van der Waals surface area contributed by atoms with Gasteiger partial charge in [0.2, 0.25) is 0 Å². The average Bonchev–Trinajstić information content (AvgIpc) is 2.38. The molecule has 0 amide bonds.